The molecule has 14 aromatic rings. The minimum absolute atomic E-state index is 0.102. The van der Waals surface area contributed by atoms with Gasteiger partial charge in [-0.25, -0.2) is 24.0 Å². The molecule has 1 aliphatic carbocycles. The molecule has 16 nitrogen and oxygen atoms in total. The largest absolute Gasteiger partial charge is 0.514 e. The summed E-state index contributed by atoms with van der Waals surface area (Å²) in [5, 5.41) is 0. The maximum absolute atomic E-state index is 13.0. The summed E-state index contributed by atoms with van der Waals surface area (Å²) in [7, 11) is -1.81. The van der Waals surface area contributed by atoms with Gasteiger partial charge in [-0.15, -0.1) is 0 Å². The van der Waals surface area contributed by atoms with Crippen LogP contribution >= 0.6 is 0 Å². The molecule has 2 heterocycles. The number of thiol groups is 1. The van der Waals surface area contributed by atoms with E-state index in [1.165, 1.54) is 52.7 Å². The smallest absolute Gasteiger partial charge is 0.430 e. The van der Waals surface area contributed by atoms with Gasteiger partial charge >= 0.3 is 30.8 Å². The van der Waals surface area contributed by atoms with Crippen molar-refractivity contribution in [2.24, 2.45) is 5.92 Å². The van der Waals surface area contributed by atoms with Crippen molar-refractivity contribution in [3.63, 3.8) is 0 Å². The SMILES string of the molecule is C=CCOC(=O)Oc1c(C)cc([S+]2c3ccccc3Cc3ccccc32)cc1C.C=CCOC(=O)Oc1c(C)cc([SH+]2=C3C=CC=CC3C(=O)c3ccccc32)cc1C.Cc1cc([S+](c2ccccc2)c2cc(C)c(OC(=O)OCc3ccccc3)c(C)c2)cc(C)c1OC(=O)OCc1ccccc1.Cc1cc([S+](c2ccccc2)c2ccccc2)cc(C)c1OC(=O)OCc1ccccc1. The Kier molecular flexibility index (Phi) is 33.5. The van der Waals surface area contributed by atoms with Crippen molar-refractivity contribution in [1.82, 2.24) is 0 Å². The third kappa shape index (κ3) is 24.7. The molecule has 0 saturated carbocycles. The molecule has 0 radical (unpaired) electrons. The fourth-order valence-corrected chi connectivity index (χ4v) is 26.3. The summed E-state index contributed by atoms with van der Waals surface area (Å²) in [6.45, 7) is 27.2. The lowest BCUT2D eigenvalue weighted by atomic mass is 9.91. The van der Waals surface area contributed by atoms with Crippen LogP contribution in [0, 0.1) is 75.2 Å². The van der Waals surface area contributed by atoms with Crippen LogP contribution in [0.4, 0.5) is 24.0 Å². The van der Waals surface area contributed by atoms with Gasteiger partial charge in [0.05, 0.1) is 38.2 Å². The number of Topliss-reactive ketones (excluding diaryl/α,β-unsaturated/α-hetero) is 1. The Morgan fingerprint density at radius 1 is 0.346 bits per heavy atom. The highest BCUT2D eigenvalue weighted by atomic mass is 32.2. The number of hydrogen-bond donors (Lipinski definition) is 0. The van der Waals surface area contributed by atoms with Crippen LogP contribution in [-0.2, 0) is 93.1 Å². The van der Waals surface area contributed by atoms with Gasteiger partial charge in [0.1, 0.15) is 82.4 Å². The van der Waals surface area contributed by atoms with Crippen LogP contribution in [0.3, 0.4) is 0 Å². The van der Waals surface area contributed by atoms with Crippen molar-refractivity contribution in [2.75, 3.05) is 13.2 Å². The number of ether oxygens (including phenoxy) is 10. The number of rotatable bonds is 23. The van der Waals surface area contributed by atoms with Crippen LogP contribution in [0.1, 0.15) is 93.8 Å². The second kappa shape index (κ2) is 46.8. The molecule has 2 aliphatic heterocycles. The monoisotopic (exact) mass is 1880 g/mol. The molecule has 3 aliphatic rings. The Morgan fingerprint density at radius 3 is 0.993 bits per heavy atom. The zero-order valence-corrected chi connectivity index (χ0v) is 80.8. The van der Waals surface area contributed by atoms with Gasteiger partial charge in [-0.1, -0.05) is 248 Å². The van der Waals surface area contributed by atoms with Crippen LogP contribution < -0.4 is 23.7 Å². The summed E-state index contributed by atoms with van der Waals surface area (Å²) in [5.74, 6) is 2.52. The summed E-state index contributed by atoms with van der Waals surface area (Å²) in [6.07, 6.45) is 8.32. The third-order valence-electron chi connectivity index (χ3n) is 22.2. The van der Waals surface area contributed by atoms with Crippen molar-refractivity contribution in [3.05, 3.63) is 454 Å². The van der Waals surface area contributed by atoms with Gasteiger partial charge in [-0.3, -0.25) is 4.79 Å². The Hall–Kier alpha value is -14.7. The molecule has 0 aromatic heterocycles. The Balaban J connectivity index is 0.000000148. The average Bonchev–Trinajstić information content (AvgIpc) is 0.744. The van der Waals surface area contributed by atoms with Gasteiger partial charge in [-0.2, -0.15) is 0 Å². The molecule has 0 amide bonds. The highest BCUT2D eigenvalue weighted by Gasteiger charge is 2.41. The van der Waals surface area contributed by atoms with E-state index < -0.39 is 52.2 Å². The molecule has 0 spiro atoms. The normalized spacial score (nSPS) is 13.0. The second-order valence-corrected chi connectivity index (χ2v) is 40.6. The lowest BCUT2D eigenvalue weighted by Crippen LogP contribution is -2.31. The summed E-state index contributed by atoms with van der Waals surface area (Å²) in [4.78, 5) is 88.5. The Bertz CT molecular complexity index is 6490. The quantitative estimate of drug-likeness (QED) is 0.0111. The highest BCUT2D eigenvalue weighted by Crippen LogP contribution is 2.45. The Labute approximate surface area is 806 Å². The van der Waals surface area contributed by atoms with Gasteiger partial charge in [0.2, 0.25) is 0 Å². The van der Waals surface area contributed by atoms with Crippen LogP contribution in [0.5, 0.6) is 28.7 Å². The van der Waals surface area contributed by atoms with E-state index in [0.29, 0.717) is 28.7 Å². The summed E-state index contributed by atoms with van der Waals surface area (Å²) in [6, 6.07) is 106. The molecule has 2 unspecified atom stereocenters. The predicted molar refractivity (Wildman–Crippen MR) is 540 cm³/mol. The number of allylic oxidation sites excluding steroid dienone is 4. The minimum atomic E-state index is -0.868. The van der Waals surface area contributed by atoms with Crippen molar-refractivity contribution < 1.29 is 76.1 Å². The zero-order chi connectivity index (χ0) is 95.7. The van der Waals surface area contributed by atoms with Crippen molar-refractivity contribution in [2.45, 2.75) is 149 Å². The lowest BCUT2D eigenvalue weighted by Gasteiger charge is -2.24. The van der Waals surface area contributed by atoms with Crippen molar-refractivity contribution >= 4 is 84.6 Å². The average molecular weight is 1880 g/mol. The first-order chi connectivity index (χ1) is 66.0. The molecule has 20 heteroatoms. The van der Waals surface area contributed by atoms with Crippen molar-refractivity contribution in [3.8, 4) is 28.7 Å². The van der Waals surface area contributed by atoms with E-state index in [0.717, 1.165) is 114 Å². The summed E-state index contributed by atoms with van der Waals surface area (Å²) < 4.78 is 53.7. The number of carbonyl (C=O) groups excluding carboxylic acids is 6. The number of ketones is 1. The molecule has 2 atom stereocenters. The minimum Gasteiger partial charge on any atom is -0.430 e. The summed E-state index contributed by atoms with van der Waals surface area (Å²) in [5.41, 5.74) is 14.9. The molecular formula is C116H106O16S4+4. The lowest BCUT2D eigenvalue weighted by molar-refractivity contribution is 0.0913. The van der Waals surface area contributed by atoms with E-state index in [2.05, 4.69) is 195 Å². The predicted octanol–water partition coefficient (Wildman–Crippen LogP) is 27.5. The Morgan fingerprint density at radius 2 is 0.640 bits per heavy atom. The topological polar surface area (TPSA) is 195 Å². The van der Waals surface area contributed by atoms with E-state index >= 15 is 0 Å². The molecule has 686 valence electrons. The second-order valence-electron chi connectivity index (χ2n) is 32.3. The van der Waals surface area contributed by atoms with Crippen LogP contribution in [-0.4, -0.2) is 54.6 Å². The number of hydrogen-bond acceptors (Lipinski definition) is 16. The molecule has 0 N–H and O–H groups in total. The van der Waals surface area contributed by atoms with E-state index in [1.807, 2.05) is 227 Å². The molecule has 14 aromatic carbocycles. The number of aryl methyl sites for hydroxylation is 10. The fourth-order valence-electron chi connectivity index (χ4n) is 16.1. The first kappa shape index (κ1) is 97.4. The maximum atomic E-state index is 13.0. The zero-order valence-electron chi connectivity index (χ0n) is 77.4. The van der Waals surface area contributed by atoms with E-state index in [4.69, 9.17) is 47.4 Å². The van der Waals surface area contributed by atoms with Crippen LogP contribution in [0.15, 0.2) is 419 Å². The van der Waals surface area contributed by atoms with Crippen molar-refractivity contribution in [1.29, 1.82) is 0 Å². The van der Waals surface area contributed by atoms with Crippen LogP contribution in [0.25, 0.3) is 0 Å². The van der Waals surface area contributed by atoms with Gasteiger partial charge in [0, 0.05) is 66.1 Å². The molecule has 17 rings (SSSR count). The first-order valence-electron chi connectivity index (χ1n) is 44.3. The molecule has 0 saturated heterocycles. The molecule has 0 bridgehead atoms. The number of benzene rings is 14. The number of fused-ring (bicyclic) bond motifs is 4. The third-order valence-corrected chi connectivity index (χ3v) is 31.5. The molecule has 0 fully saturated rings. The summed E-state index contributed by atoms with van der Waals surface area (Å²) >= 11 is 0. The molecular weight excluding hydrogens is 1780 g/mol. The molecule has 136 heavy (non-hydrogen) atoms. The van der Waals surface area contributed by atoms with Gasteiger partial charge in [0.15, 0.2) is 49.8 Å². The number of carbonyl (C=O) groups is 6. The van der Waals surface area contributed by atoms with Gasteiger partial charge in [0.25, 0.3) is 0 Å². The van der Waals surface area contributed by atoms with Gasteiger partial charge < -0.3 is 47.4 Å². The van der Waals surface area contributed by atoms with E-state index in [9.17, 15) is 28.8 Å². The van der Waals surface area contributed by atoms with Crippen LogP contribution in [0.2, 0.25) is 0 Å². The maximum Gasteiger partial charge on any atom is 0.514 e. The van der Waals surface area contributed by atoms with E-state index in [-0.39, 0.29) is 66.5 Å². The standard InChI is InChI=1S/C38H35O6S.C28H25O3S.C25H22O4S.C25H23O3S/c1-26-20-33(21-27(2)35(26)43-37(39)41-24-30-14-8-5-9-15-30)45(32-18-12-7-13-19-32)34-22-28(3)36(29(4)23-34)44-38(40)42-25-31-16-10-6-11-17-31;1-21-18-26(32(24-14-8-4-9-15-24)25-16-10-5-11-17-25)19-22(2)27(21)31-28(29)30-20-23-12-6-3-7-13-23;1-4-13-28-25(27)29-24-16(2)14-18(15-17(24)3)30-21-11-7-5-9-19(21)23(26)20-10-6-8-12-22(20)30;1-4-13-27-25(26)28-24-17(2)14-21(15-18(24)3)29-22-11-7-5-9-19(22)16-20-10-6-8-12-23(20)29/h5-23H,24-25H2,1-4H3;3-19H,20H2,1-2H3;4-12,14-15,19H,1,13H2,2-3H3;4-12,14-15H,1,13,16H2,2-3H3/q2*+1;;+1/p+1. The fraction of sp³-hybridized carbons (Fsp3) is 0.147. The van der Waals surface area contributed by atoms with Gasteiger partial charge in [-0.05, 0) is 220 Å². The van der Waals surface area contributed by atoms with E-state index in [1.54, 1.807) is 0 Å². The highest BCUT2D eigenvalue weighted by molar-refractivity contribution is 7.98. The first-order valence-corrected chi connectivity index (χ1v) is 49.3.